The van der Waals surface area contributed by atoms with Gasteiger partial charge in [-0.15, -0.1) is 0 Å². The highest BCUT2D eigenvalue weighted by molar-refractivity contribution is 5.33. The van der Waals surface area contributed by atoms with Crippen molar-refractivity contribution in [2.45, 2.75) is 117 Å². The van der Waals surface area contributed by atoms with Gasteiger partial charge in [0.2, 0.25) is 29.1 Å². The molecule has 0 radical (unpaired) electrons. The summed E-state index contributed by atoms with van der Waals surface area (Å²) in [7, 11) is 0. The molecule has 4 aliphatic rings. The summed E-state index contributed by atoms with van der Waals surface area (Å²) in [6.45, 7) is 15.9. The van der Waals surface area contributed by atoms with Crippen LogP contribution in [0.2, 0.25) is 0 Å². The van der Waals surface area contributed by atoms with Crippen LogP contribution in [0.3, 0.4) is 0 Å². The second kappa shape index (κ2) is 14.4. The van der Waals surface area contributed by atoms with Crippen LogP contribution in [0.4, 0.5) is 22.0 Å². The number of rotatable bonds is 7. The van der Waals surface area contributed by atoms with Gasteiger partial charge in [-0.1, -0.05) is 109 Å². The highest BCUT2D eigenvalue weighted by atomic mass is 19.2. The fraction of sp³-hybridized carbons (Fsp3) is 0.609. The van der Waals surface area contributed by atoms with Gasteiger partial charge in [-0.2, -0.15) is 8.78 Å². The second-order valence-corrected chi connectivity index (χ2v) is 18.6. The summed E-state index contributed by atoms with van der Waals surface area (Å²) >= 11 is 0. The predicted octanol–water partition coefficient (Wildman–Crippen LogP) is 13.0. The Bertz CT molecular complexity index is 1680. The molecule has 4 aliphatic carbocycles. The smallest absolute Gasteiger partial charge is 0.207 e. The molecule has 0 amide bonds. The Balaban J connectivity index is 1.18. The van der Waals surface area contributed by atoms with Crippen LogP contribution in [0, 0.1) is 88.3 Å². The predicted molar refractivity (Wildman–Crippen MR) is 198 cm³/mol. The van der Waals surface area contributed by atoms with E-state index in [1.165, 1.54) is 43.2 Å². The zero-order valence-corrected chi connectivity index (χ0v) is 31.9. The molecule has 6 heteroatoms. The SMILES string of the molecule is CC(C)C1CC2C(CC3C(C)CC4C(c5ccc(C(C)(C)C)cc5)CCCC34)C(C)CC2C(c2ccccc2)C1Oc1c(F)c(F)c(F)c(F)c1F. The van der Waals surface area contributed by atoms with Gasteiger partial charge in [-0.05, 0) is 126 Å². The first-order valence-corrected chi connectivity index (χ1v) is 20.0. The molecule has 52 heavy (non-hydrogen) atoms. The Hall–Kier alpha value is -2.89. The van der Waals surface area contributed by atoms with Crippen LogP contribution in [0.15, 0.2) is 54.6 Å². The quantitative estimate of drug-likeness (QED) is 0.134. The molecule has 0 N–H and O–H groups in total. The maximum atomic E-state index is 15.2. The number of ether oxygens (including phenoxy) is 1. The van der Waals surface area contributed by atoms with E-state index in [0.29, 0.717) is 47.3 Å². The van der Waals surface area contributed by atoms with E-state index in [0.717, 1.165) is 18.4 Å². The number of hydrogen-bond donors (Lipinski definition) is 0. The van der Waals surface area contributed by atoms with E-state index in [1.807, 2.05) is 30.3 Å². The lowest BCUT2D eigenvalue weighted by atomic mass is 9.60. The fourth-order valence-corrected chi connectivity index (χ4v) is 12.0. The lowest BCUT2D eigenvalue weighted by Crippen LogP contribution is -2.47. The third-order valence-corrected chi connectivity index (χ3v) is 14.5. The van der Waals surface area contributed by atoms with Gasteiger partial charge in [0.05, 0.1) is 0 Å². The van der Waals surface area contributed by atoms with Crippen LogP contribution in [0.1, 0.15) is 122 Å². The minimum absolute atomic E-state index is 0.0774. The van der Waals surface area contributed by atoms with Crippen LogP contribution >= 0.6 is 0 Å². The summed E-state index contributed by atoms with van der Waals surface area (Å²) in [5.41, 5.74) is 4.03. The second-order valence-electron chi connectivity index (χ2n) is 18.6. The van der Waals surface area contributed by atoms with Gasteiger partial charge in [0.15, 0.2) is 5.75 Å². The average molecular weight is 721 g/mol. The van der Waals surface area contributed by atoms with E-state index < -0.39 is 40.9 Å². The molecule has 0 spiro atoms. The molecule has 12 atom stereocenters. The molecule has 0 heterocycles. The maximum Gasteiger partial charge on any atom is 0.207 e. The Labute approximate surface area is 308 Å². The van der Waals surface area contributed by atoms with Crippen LogP contribution in [-0.4, -0.2) is 6.10 Å². The van der Waals surface area contributed by atoms with E-state index in [9.17, 15) is 13.2 Å². The molecular weight excluding hydrogens is 663 g/mol. The third kappa shape index (κ3) is 6.61. The number of fused-ring (bicyclic) bond motifs is 2. The third-order valence-electron chi connectivity index (χ3n) is 14.5. The lowest BCUT2D eigenvalue weighted by Gasteiger charge is -2.48. The monoisotopic (exact) mass is 720 g/mol. The molecule has 282 valence electrons. The van der Waals surface area contributed by atoms with Crippen LogP contribution < -0.4 is 4.74 Å². The lowest BCUT2D eigenvalue weighted by molar-refractivity contribution is -0.0181. The maximum absolute atomic E-state index is 15.2. The number of hydrogen-bond acceptors (Lipinski definition) is 1. The highest BCUT2D eigenvalue weighted by Crippen LogP contribution is 2.62. The van der Waals surface area contributed by atoms with Gasteiger partial charge in [0.1, 0.15) is 6.10 Å². The minimum atomic E-state index is -2.16. The summed E-state index contributed by atoms with van der Waals surface area (Å²) in [5.74, 6) is -6.48. The molecule has 12 unspecified atom stereocenters. The van der Waals surface area contributed by atoms with Crippen molar-refractivity contribution in [3.63, 3.8) is 0 Å². The molecule has 0 saturated heterocycles. The topological polar surface area (TPSA) is 9.23 Å². The van der Waals surface area contributed by atoms with Crippen molar-refractivity contribution in [1.29, 1.82) is 0 Å². The minimum Gasteiger partial charge on any atom is -0.483 e. The molecule has 3 aromatic carbocycles. The Morgan fingerprint density at radius 1 is 0.654 bits per heavy atom. The van der Waals surface area contributed by atoms with E-state index >= 15 is 8.78 Å². The first-order valence-electron chi connectivity index (χ1n) is 20.0. The molecule has 7 rings (SSSR count). The first-order chi connectivity index (χ1) is 24.7. The van der Waals surface area contributed by atoms with Crippen molar-refractivity contribution in [1.82, 2.24) is 0 Å². The molecule has 0 bridgehead atoms. The largest absolute Gasteiger partial charge is 0.483 e. The van der Waals surface area contributed by atoms with Gasteiger partial charge in [0, 0.05) is 5.92 Å². The summed E-state index contributed by atoms with van der Waals surface area (Å²) in [6.07, 6.45) is 7.33. The van der Waals surface area contributed by atoms with Crippen molar-refractivity contribution < 1.29 is 26.7 Å². The van der Waals surface area contributed by atoms with E-state index in [2.05, 4.69) is 72.7 Å². The zero-order chi connectivity index (χ0) is 37.2. The van der Waals surface area contributed by atoms with Gasteiger partial charge < -0.3 is 4.74 Å². The van der Waals surface area contributed by atoms with Gasteiger partial charge in [-0.3, -0.25) is 0 Å². The summed E-state index contributed by atoms with van der Waals surface area (Å²) in [5, 5.41) is 0. The van der Waals surface area contributed by atoms with Crippen molar-refractivity contribution in [2.24, 2.45) is 59.2 Å². The highest BCUT2D eigenvalue weighted by Gasteiger charge is 2.56. The summed E-state index contributed by atoms with van der Waals surface area (Å²) in [4.78, 5) is 0. The molecule has 4 saturated carbocycles. The normalized spacial score (nSPS) is 34.7. The number of benzene rings is 3. The molecule has 3 aromatic rings. The molecule has 0 aromatic heterocycles. The van der Waals surface area contributed by atoms with Crippen molar-refractivity contribution in [3.05, 3.63) is 100 Å². The molecule has 1 nitrogen and oxygen atoms in total. The summed E-state index contributed by atoms with van der Waals surface area (Å²) < 4.78 is 79.4. The number of halogens is 5. The van der Waals surface area contributed by atoms with E-state index in [1.54, 1.807) is 0 Å². The van der Waals surface area contributed by atoms with E-state index in [-0.39, 0.29) is 29.1 Å². The van der Waals surface area contributed by atoms with Gasteiger partial charge in [0.25, 0.3) is 0 Å². The fourth-order valence-electron chi connectivity index (χ4n) is 12.0. The first kappa shape index (κ1) is 37.4. The van der Waals surface area contributed by atoms with Crippen molar-refractivity contribution in [3.8, 4) is 5.75 Å². The zero-order valence-electron chi connectivity index (χ0n) is 31.9. The Kier molecular flexibility index (Phi) is 10.4. The van der Waals surface area contributed by atoms with Crippen LogP contribution in [0.25, 0.3) is 0 Å². The molecule has 0 aliphatic heterocycles. The van der Waals surface area contributed by atoms with Gasteiger partial charge >= 0.3 is 0 Å². The van der Waals surface area contributed by atoms with Crippen LogP contribution in [-0.2, 0) is 5.41 Å². The summed E-state index contributed by atoms with van der Waals surface area (Å²) in [6, 6.07) is 19.4. The Morgan fingerprint density at radius 3 is 1.83 bits per heavy atom. The average Bonchev–Trinajstić information content (AvgIpc) is 3.62. The Morgan fingerprint density at radius 2 is 1.23 bits per heavy atom. The standard InChI is InChI=1S/C46H57F5O/c1-24(2)32-22-36-34(23-33-25(3)20-35-30(14-11-15-31(33)35)27-16-18-29(19-17-27)46(5,6)7)26(4)21-37(36)38(28-12-9-8-10-13-28)44(32)52-45-42(50)40(48)39(47)41(49)43(45)51/h8-10,12-13,16-19,24-26,30-38,44H,11,14-15,20-23H2,1-7H3. The van der Waals surface area contributed by atoms with Crippen LogP contribution in [0.5, 0.6) is 5.75 Å². The molecule has 4 fully saturated rings. The van der Waals surface area contributed by atoms with Crippen molar-refractivity contribution in [2.75, 3.05) is 0 Å². The molecular formula is C46H57F5O. The van der Waals surface area contributed by atoms with E-state index in [4.69, 9.17) is 4.74 Å². The van der Waals surface area contributed by atoms with Gasteiger partial charge in [-0.25, -0.2) is 13.2 Å². The van der Waals surface area contributed by atoms with Crippen molar-refractivity contribution >= 4 is 0 Å².